The highest BCUT2D eigenvalue weighted by Crippen LogP contribution is 2.40. The van der Waals surface area contributed by atoms with E-state index in [1.165, 1.54) is 5.56 Å². The molecule has 0 saturated carbocycles. The summed E-state index contributed by atoms with van der Waals surface area (Å²) in [5.41, 5.74) is 5.11. The van der Waals surface area contributed by atoms with E-state index in [1.807, 2.05) is 0 Å². The minimum atomic E-state index is -0.294. The van der Waals surface area contributed by atoms with E-state index in [0.717, 1.165) is 38.7 Å². The van der Waals surface area contributed by atoms with Crippen molar-refractivity contribution in [2.75, 3.05) is 0 Å². The normalized spacial score (nSPS) is 15.5. The maximum Gasteiger partial charge on any atom is 0.323 e. The second-order valence-electron chi connectivity index (χ2n) is 6.14. The fourth-order valence-corrected chi connectivity index (χ4v) is 4.45. The first-order valence-electron chi connectivity index (χ1n) is 8.17. The van der Waals surface area contributed by atoms with Gasteiger partial charge in [-0.05, 0) is 30.5 Å². The molecular weight excluding hydrogens is 350 g/mol. The third kappa shape index (κ3) is 2.81. The van der Waals surface area contributed by atoms with Crippen molar-refractivity contribution >= 4 is 35.7 Å². The van der Waals surface area contributed by atoms with E-state index in [-0.39, 0.29) is 11.6 Å². The monoisotopic (exact) mass is 367 g/mol. The summed E-state index contributed by atoms with van der Waals surface area (Å²) in [7, 11) is 0. The van der Waals surface area contributed by atoms with E-state index in [9.17, 15) is 4.79 Å². The van der Waals surface area contributed by atoms with Gasteiger partial charge in [-0.2, -0.15) is 0 Å². The Labute approximate surface area is 154 Å². The highest BCUT2D eigenvalue weighted by molar-refractivity contribution is 7.71. The van der Waals surface area contributed by atoms with Crippen LogP contribution >= 0.6 is 23.6 Å². The lowest BCUT2D eigenvalue weighted by atomic mass is 9.87. The lowest BCUT2D eigenvalue weighted by Gasteiger charge is -2.18. The molecule has 0 bridgehead atoms. The Balaban J connectivity index is 2.04. The van der Waals surface area contributed by atoms with Gasteiger partial charge in [0.05, 0.1) is 21.5 Å². The van der Waals surface area contributed by atoms with Crippen LogP contribution in [0.2, 0.25) is 0 Å². The summed E-state index contributed by atoms with van der Waals surface area (Å²) in [6.45, 7) is 4.20. The average molecular weight is 367 g/mol. The Morgan fingerprint density at radius 3 is 2.88 bits per heavy atom. The zero-order valence-corrected chi connectivity index (χ0v) is 15.6. The van der Waals surface area contributed by atoms with Crippen molar-refractivity contribution in [3.8, 4) is 0 Å². The molecule has 1 aliphatic carbocycles. The van der Waals surface area contributed by atoms with Crippen LogP contribution < -0.4 is 5.69 Å². The predicted octanol–water partition coefficient (Wildman–Crippen LogP) is 4.42. The molecule has 0 radical (unpaired) electrons. The van der Waals surface area contributed by atoms with Crippen LogP contribution in [0.3, 0.4) is 0 Å². The number of rotatable bonds is 2. The molecule has 2 aromatic heterocycles. The van der Waals surface area contributed by atoms with Gasteiger partial charge in [0.2, 0.25) is 0 Å². The van der Waals surface area contributed by atoms with Gasteiger partial charge >= 0.3 is 5.69 Å². The Kier molecular flexibility index (Phi) is 4.01. The van der Waals surface area contributed by atoms with Gasteiger partial charge in [-0.15, -0.1) is 11.3 Å². The summed E-state index contributed by atoms with van der Waals surface area (Å²) in [6, 6.07) is 6.42. The molecule has 6 heteroatoms. The number of aryl methyl sites for hydroxylation is 2. The van der Waals surface area contributed by atoms with E-state index in [0.29, 0.717) is 4.64 Å². The Hall–Kier alpha value is -2.31. The number of nitrogens with zero attached hydrogens (tertiary/aromatic N) is 1. The van der Waals surface area contributed by atoms with Gasteiger partial charge in [-0.1, -0.05) is 49.0 Å². The number of benzene rings is 1. The van der Waals surface area contributed by atoms with Gasteiger partial charge in [-0.25, -0.2) is 9.78 Å². The summed E-state index contributed by atoms with van der Waals surface area (Å²) < 4.78 is 0.458. The fourth-order valence-electron chi connectivity index (χ4n) is 3.23. The minimum Gasteiger partial charge on any atom is -0.314 e. The number of aromatic nitrogens is 3. The molecular formula is C19H17N3OS2. The molecule has 126 valence electrons. The minimum absolute atomic E-state index is 0.0993. The number of nitrogens with one attached hydrogen (secondary N) is 2. The van der Waals surface area contributed by atoms with Gasteiger partial charge in [0.25, 0.3) is 0 Å². The summed E-state index contributed by atoms with van der Waals surface area (Å²) in [4.78, 5) is 23.1. The van der Waals surface area contributed by atoms with E-state index >= 15 is 0 Å². The Bertz CT molecular complexity index is 1100. The molecule has 25 heavy (non-hydrogen) atoms. The van der Waals surface area contributed by atoms with Gasteiger partial charge < -0.3 is 4.98 Å². The van der Waals surface area contributed by atoms with Crippen LogP contribution in [-0.2, 0) is 6.42 Å². The van der Waals surface area contributed by atoms with Crippen LogP contribution in [0.15, 0.2) is 29.2 Å². The van der Waals surface area contributed by atoms with Crippen LogP contribution in [0.5, 0.6) is 0 Å². The third-order valence-corrected chi connectivity index (χ3v) is 5.95. The number of fused-ring (bicyclic) bond motifs is 2. The highest BCUT2D eigenvalue weighted by atomic mass is 32.1. The standard InChI is InChI=1S/C19H17N3OS2/c1-3-15-21-17-14(25-15)7-5-11-8-10(2)4-6-12(11)16(17)13-9-20-19(23)22-18(13)24/h4-9,16H,3H2,1-2H3,(H2,20,22,23,24). The van der Waals surface area contributed by atoms with Crippen molar-refractivity contribution in [2.45, 2.75) is 26.2 Å². The first-order valence-corrected chi connectivity index (χ1v) is 9.39. The average Bonchev–Trinajstić information content (AvgIpc) is 2.93. The molecule has 1 atom stereocenters. The molecule has 0 saturated heterocycles. The van der Waals surface area contributed by atoms with E-state index < -0.39 is 0 Å². The number of thiazole rings is 1. The van der Waals surface area contributed by atoms with Crippen LogP contribution in [0, 0.1) is 11.6 Å². The summed E-state index contributed by atoms with van der Waals surface area (Å²) in [5, 5.41) is 1.11. The first-order chi connectivity index (χ1) is 12.1. The number of hydrogen-bond donors (Lipinski definition) is 2. The lowest BCUT2D eigenvalue weighted by molar-refractivity contribution is 0.874. The van der Waals surface area contributed by atoms with E-state index in [1.54, 1.807) is 17.5 Å². The van der Waals surface area contributed by atoms with Crippen molar-refractivity contribution in [3.63, 3.8) is 0 Å². The molecule has 1 unspecified atom stereocenters. The maximum absolute atomic E-state index is 11.6. The number of aromatic amines is 2. The molecule has 0 aliphatic heterocycles. The SMILES string of the molecule is CCc1nc2c(s1)C=Cc1cc(C)ccc1C2c1c[nH]c(=O)[nH]c1=S. The topological polar surface area (TPSA) is 61.5 Å². The zero-order chi connectivity index (χ0) is 17.6. The molecule has 2 N–H and O–H groups in total. The largest absolute Gasteiger partial charge is 0.323 e. The van der Waals surface area contributed by atoms with Crippen molar-refractivity contribution in [1.29, 1.82) is 0 Å². The molecule has 0 fully saturated rings. The van der Waals surface area contributed by atoms with Crippen molar-refractivity contribution in [2.24, 2.45) is 0 Å². The van der Waals surface area contributed by atoms with Crippen LogP contribution in [-0.4, -0.2) is 15.0 Å². The summed E-state index contributed by atoms with van der Waals surface area (Å²) in [6.07, 6.45) is 6.91. The zero-order valence-electron chi connectivity index (χ0n) is 13.9. The lowest BCUT2D eigenvalue weighted by Crippen LogP contribution is -2.15. The molecule has 1 aliphatic rings. The molecule has 0 amide bonds. The van der Waals surface area contributed by atoms with Crippen LogP contribution in [0.1, 0.15) is 50.7 Å². The van der Waals surface area contributed by atoms with Gasteiger partial charge in [-0.3, -0.25) is 4.98 Å². The summed E-state index contributed by atoms with van der Waals surface area (Å²) >= 11 is 7.18. The van der Waals surface area contributed by atoms with Crippen LogP contribution in [0.25, 0.3) is 12.2 Å². The Morgan fingerprint density at radius 1 is 1.28 bits per heavy atom. The smallest absolute Gasteiger partial charge is 0.314 e. The van der Waals surface area contributed by atoms with Gasteiger partial charge in [0.1, 0.15) is 4.64 Å². The first kappa shape index (κ1) is 16.2. The van der Waals surface area contributed by atoms with Crippen molar-refractivity contribution in [3.05, 3.63) is 77.4 Å². The molecule has 4 nitrogen and oxygen atoms in total. The molecule has 0 spiro atoms. The van der Waals surface area contributed by atoms with E-state index in [4.69, 9.17) is 17.2 Å². The Morgan fingerprint density at radius 2 is 2.12 bits per heavy atom. The molecule has 2 heterocycles. The molecule has 3 aromatic rings. The summed E-state index contributed by atoms with van der Waals surface area (Å²) in [5.74, 6) is -0.0993. The quantitative estimate of drug-likeness (QED) is 0.516. The number of hydrogen-bond acceptors (Lipinski definition) is 4. The third-order valence-electron chi connectivity index (χ3n) is 4.43. The second-order valence-corrected chi connectivity index (χ2v) is 7.66. The van der Waals surface area contributed by atoms with Crippen LogP contribution in [0.4, 0.5) is 0 Å². The molecule has 4 rings (SSSR count). The second kappa shape index (κ2) is 6.20. The number of H-pyrrole nitrogens is 2. The molecule has 1 aromatic carbocycles. The van der Waals surface area contributed by atoms with Gasteiger partial charge in [0, 0.05) is 11.8 Å². The predicted molar refractivity (Wildman–Crippen MR) is 105 cm³/mol. The maximum atomic E-state index is 11.6. The van der Waals surface area contributed by atoms with Gasteiger partial charge in [0.15, 0.2) is 0 Å². The van der Waals surface area contributed by atoms with Crippen molar-refractivity contribution in [1.82, 2.24) is 15.0 Å². The van der Waals surface area contributed by atoms with E-state index in [2.05, 4.69) is 54.2 Å². The fraction of sp³-hybridized carbons (Fsp3) is 0.211. The van der Waals surface area contributed by atoms with Crippen molar-refractivity contribution < 1.29 is 0 Å². The highest BCUT2D eigenvalue weighted by Gasteiger charge is 2.28.